The van der Waals surface area contributed by atoms with Gasteiger partial charge in [-0.25, -0.2) is 0 Å². The monoisotopic (exact) mass is 786 g/mol. The summed E-state index contributed by atoms with van der Waals surface area (Å²) in [5, 5.41) is 0. The normalized spacial score (nSPS) is 23.2. The van der Waals surface area contributed by atoms with E-state index in [4.69, 9.17) is 55.9 Å². The molecule has 0 aromatic heterocycles. The van der Waals surface area contributed by atoms with Crippen LogP contribution >= 0.6 is 46.4 Å². The minimum atomic E-state index is -0.270. The first kappa shape index (κ1) is 39.1. The van der Waals surface area contributed by atoms with Crippen molar-refractivity contribution >= 4 is 69.7 Å². The molecule has 52 heavy (non-hydrogen) atoms. The molecule has 6 nitrogen and oxygen atoms in total. The number of carbonyl (C=O) groups is 2. The molecular formula is C42H50Cl4N2O4. The van der Waals surface area contributed by atoms with Crippen LogP contribution in [0.4, 0.5) is 11.4 Å². The molecule has 280 valence electrons. The number of ether oxygens (including phenoxy) is 2. The van der Waals surface area contributed by atoms with Crippen LogP contribution in [0.25, 0.3) is 0 Å². The molecule has 6 rings (SSSR count). The van der Waals surface area contributed by atoms with Crippen molar-refractivity contribution in [3.05, 3.63) is 89.0 Å². The van der Waals surface area contributed by atoms with Crippen molar-refractivity contribution in [2.45, 2.75) is 70.3 Å². The van der Waals surface area contributed by atoms with E-state index in [1.54, 1.807) is 0 Å². The number of rotatable bonds is 16. The Morgan fingerprint density at radius 1 is 0.712 bits per heavy atom. The van der Waals surface area contributed by atoms with Crippen LogP contribution in [-0.4, -0.2) is 67.7 Å². The van der Waals surface area contributed by atoms with Crippen LogP contribution < -0.4 is 14.5 Å². The fourth-order valence-electron chi connectivity index (χ4n) is 9.27. The molecule has 10 heteroatoms. The minimum absolute atomic E-state index is 0.0119. The van der Waals surface area contributed by atoms with E-state index in [1.807, 2.05) is 54.6 Å². The van der Waals surface area contributed by atoms with Crippen LogP contribution in [0.5, 0.6) is 5.75 Å². The Morgan fingerprint density at radius 2 is 1.27 bits per heavy atom. The van der Waals surface area contributed by atoms with Gasteiger partial charge in [0.25, 0.3) is 0 Å². The highest BCUT2D eigenvalue weighted by molar-refractivity contribution is 6.19. The third-order valence-electron chi connectivity index (χ3n) is 11.8. The molecule has 2 saturated carbocycles. The van der Waals surface area contributed by atoms with Crippen molar-refractivity contribution in [3.63, 3.8) is 0 Å². The summed E-state index contributed by atoms with van der Waals surface area (Å²) in [6, 6.07) is 22.2. The summed E-state index contributed by atoms with van der Waals surface area (Å²) in [7, 11) is 0. The molecule has 2 fully saturated rings. The number of nitrogens with zero attached hydrogens (tertiary/aromatic N) is 2. The van der Waals surface area contributed by atoms with Gasteiger partial charge in [0.1, 0.15) is 11.9 Å². The molecule has 3 aromatic rings. The van der Waals surface area contributed by atoms with E-state index in [-0.39, 0.29) is 36.3 Å². The molecule has 0 bridgehead atoms. The number of anilines is 2. The van der Waals surface area contributed by atoms with Crippen LogP contribution in [0.3, 0.4) is 0 Å². The van der Waals surface area contributed by atoms with Gasteiger partial charge in [0.15, 0.2) is 0 Å². The summed E-state index contributed by atoms with van der Waals surface area (Å²) in [5.74, 6) is 3.86. The Bertz CT molecular complexity index is 1640. The van der Waals surface area contributed by atoms with E-state index in [0.29, 0.717) is 60.1 Å². The Hall–Kier alpha value is -2.64. The average molecular weight is 789 g/mol. The third-order valence-corrected chi connectivity index (χ3v) is 12.5. The molecule has 3 aliphatic carbocycles. The van der Waals surface area contributed by atoms with E-state index >= 15 is 0 Å². The quantitative estimate of drug-likeness (QED) is 0.0820. The van der Waals surface area contributed by atoms with Crippen LogP contribution in [0.2, 0.25) is 0 Å². The predicted molar refractivity (Wildman–Crippen MR) is 214 cm³/mol. The Balaban J connectivity index is 1.03. The number of carbonyl (C=O) groups excluding carboxylic acids is 2. The second-order valence-electron chi connectivity index (χ2n) is 14.8. The van der Waals surface area contributed by atoms with E-state index in [0.717, 1.165) is 74.1 Å². The third kappa shape index (κ3) is 9.00. The maximum atomic E-state index is 13.2. The smallest absolute Gasteiger partial charge is 0.315 e. The van der Waals surface area contributed by atoms with Gasteiger partial charge >= 0.3 is 11.9 Å². The van der Waals surface area contributed by atoms with Gasteiger partial charge in [-0.3, -0.25) is 9.59 Å². The first-order valence-corrected chi connectivity index (χ1v) is 20.8. The van der Waals surface area contributed by atoms with E-state index in [9.17, 15) is 9.59 Å². The van der Waals surface area contributed by atoms with Gasteiger partial charge in [-0.1, -0.05) is 37.3 Å². The number of fused-ring (bicyclic) bond motifs is 5. The second kappa shape index (κ2) is 18.1. The molecule has 0 unspecified atom stereocenters. The van der Waals surface area contributed by atoms with Crippen LogP contribution in [0.1, 0.15) is 67.2 Å². The number of alkyl halides is 4. The molecule has 0 amide bonds. The maximum Gasteiger partial charge on any atom is 0.315 e. The zero-order chi connectivity index (χ0) is 36.7. The summed E-state index contributed by atoms with van der Waals surface area (Å²) in [6.45, 7) is 5.24. The lowest BCUT2D eigenvalue weighted by molar-refractivity contribution is -0.156. The van der Waals surface area contributed by atoms with E-state index in [2.05, 4.69) is 28.9 Å². The fourth-order valence-corrected chi connectivity index (χ4v) is 10.1. The highest BCUT2D eigenvalue weighted by Gasteiger charge is 2.56. The number of esters is 2. The van der Waals surface area contributed by atoms with Crippen LogP contribution in [-0.2, 0) is 33.6 Å². The van der Waals surface area contributed by atoms with Crippen LogP contribution in [0.15, 0.2) is 66.7 Å². The molecule has 0 spiro atoms. The summed E-state index contributed by atoms with van der Waals surface area (Å²) in [4.78, 5) is 30.5. The van der Waals surface area contributed by atoms with Gasteiger partial charge in [0, 0.05) is 66.5 Å². The molecule has 0 N–H and O–H groups in total. The Morgan fingerprint density at radius 3 is 1.83 bits per heavy atom. The average Bonchev–Trinajstić information content (AvgIpc) is 3.47. The maximum absolute atomic E-state index is 13.2. The summed E-state index contributed by atoms with van der Waals surface area (Å²) in [5.41, 5.74) is 6.62. The number of hydrogen-bond acceptors (Lipinski definition) is 6. The van der Waals surface area contributed by atoms with Gasteiger partial charge in [0.2, 0.25) is 0 Å². The van der Waals surface area contributed by atoms with Gasteiger partial charge in [-0.2, -0.15) is 0 Å². The van der Waals surface area contributed by atoms with Crippen molar-refractivity contribution in [2.24, 2.45) is 17.3 Å². The van der Waals surface area contributed by atoms with Gasteiger partial charge in [-0.05, 0) is 115 Å². The van der Waals surface area contributed by atoms with Crippen molar-refractivity contribution in [3.8, 4) is 5.75 Å². The molecular weight excluding hydrogens is 738 g/mol. The SMILES string of the molecule is C[C@@]12CC[C@H]3c4ccc(OC(=O)Cc5ccc(N(CCCl)CCCl)cc5)cc4CC[C@@H]3[C@@H]1CC[C@@H]2OC(=O)Cc1ccc(N(CCCl)CCCl)cc1. The summed E-state index contributed by atoms with van der Waals surface area (Å²) >= 11 is 23.9. The molecule has 0 aliphatic heterocycles. The lowest BCUT2D eigenvalue weighted by Crippen LogP contribution is -2.45. The molecule has 5 atom stereocenters. The highest BCUT2D eigenvalue weighted by atomic mass is 35.5. The predicted octanol–water partition coefficient (Wildman–Crippen LogP) is 9.41. The number of halogens is 4. The number of benzene rings is 3. The zero-order valence-electron chi connectivity index (χ0n) is 30.0. The molecule has 0 heterocycles. The van der Waals surface area contributed by atoms with Crippen LogP contribution in [0, 0.1) is 17.3 Å². The number of aryl methyl sites for hydroxylation is 1. The summed E-state index contributed by atoms with van der Waals surface area (Å²) < 4.78 is 12.1. The van der Waals surface area contributed by atoms with Crippen molar-refractivity contribution < 1.29 is 19.1 Å². The lowest BCUT2D eigenvalue weighted by Gasteiger charge is -2.50. The van der Waals surface area contributed by atoms with Crippen molar-refractivity contribution in [1.82, 2.24) is 0 Å². The van der Waals surface area contributed by atoms with Crippen molar-refractivity contribution in [1.29, 1.82) is 0 Å². The lowest BCUT2D eigenvalue weighted by atomic mass is 9.55. The largest absolute Gasteiger partial charge is 0.462 e. The standard InChI is InChI=1S/C42H50Cl4N2O4/c1-42-17-16-36-35-13-11-34(51-40(49)26-29-2-7-32(8-3-29)47(22-18-43)23-19-44)28-31(35)6-12-37(36)38(42)14-15-39(42)52-41(50)27-30-4-9-33(10-5-30)48(24-20-45)25-21-46/h2-5,7-11,13,28,36-39H,6,12,14-27H2,1H3/t36-,37-,38-,39-,42+/m0/s1. The van der Waals surface area contributed by atoms with Gasteiger partial charge in [0.05, 0.1) is 12.8 Å². The van der Waals surface area contributed by atoms with E-state index in [1.165, 1.54) is 11.1 Å². The first-order chi connectivity index (χ1) is 25.3. The zero-order valence-corrected chi connectivity index (χ0v) is 33.0. The van der Waals surface area contributed by atoms with Gasteiger partial charge < -0.3 is 19.3 Å². The minimum Gasteiger partial charge on any atom is -0.462 e. The van der Waals surface area contributed by atoms with Gasteiger partial charge in [-0.15, -0.1) is 46.4 Å². The molecule has 3 aliphatic rings. The topological polar surface area (TPSA) is 59.1 Å². The van der Waals surface area contributed by atoms with Crippen molar-refractivity contribution in [2.75, 3.05) is 59.5 Å². The number of hydrogen-bond donors (Lipinski definition) is 0. The molecule has 3 aromatic carbocycles. The fraction of sp³-hybridized carbons (Fsp3) is 0.524. The molecule has 0 radical (unpaired) electrons. The second-order valence-corrected chi connectivity index (χ2v) is 16.3. The summed E-state index contributed by atoms with van der Waals surface area (Å²) in [6.07, 6.45) is 6.60. The molecule has 0 saturated heterocycles. The Labute approximate surface area is 329 Å². The highest BCUT2D eigenvalue weighted by Crippen LogP contribution is 2.61. The first-order valence-electron chi connectivity index (χ1n) is 18.7. The van der Waals surface area contributed by atoms with E-state index < -0.39 is 0 Å². The Kier molecular flexibility index (Phi) is 13.6.